The molecule has 0 aliphatic rings. The molecule has 0 atom stereocenters. The zero-order chi connectivity index (χ0) is 15.9. The summed E-state index contributed by atoms with van der Waals surface area (Å²) in [7, 11) is 0. The normalized spacial score (nSPS) is 11.5. The van der Waals surface area contributed by atoms with Gasteiger partial charge in [0.25, 0.3) is 0 Å². The molecule has 0 aliphatic heterocycles. The highest BCUT2D eigenvalue weighted by molar-refractivity contribution is 8.01. The molecule has 114 valence electrons. The van der Waals surface area contributed by atoms with Crippen LogP contribution in [0.3, 0.4) is 0 Å². The van der Waals surface area contributed by atoms with Gasteiger partial charge in [0.05, 0.1) is 16.0 Å². The maximum absolute atomic E-state index is 10.8. The van der Waals surface area contributed by atoms with E-state index in [-0.39, 0.29) is 11.0 Å². The van der Waals surface area contributed by atoms with E-state index in [0.717, 1.165) is 27.5 Å². The van der Waals surface area contributed by atoms with Crippen LogP contribution in [0, 0.1) is 10.1 Å². The molecule has 0 spiro atoms. The third-order valence-corrected chi connectivity index (χ3v) is 5.20. The standard InChI is InChI=1S/C13H11ClN4O2S2/c1-7(2)17-10-4-3-8(14)5-9(10)16-12(17)22-13-15-6-11(21-13)18(19)20/h3-7H,1-2H3. The highest BCUT2D eigenvalue weighted by atomic mass is 35.5. The van der Waals surface area contributed by atoms with Crippen LogP contribution >= 0.6 is 34.7 Å². The summed E-state index contributed by atoms with van der Waals surface area (Å²) in [6, 6.07) is 5.76. The van der Waals surface area contributed by atoms with Gasteiger partial charge in [0, 0.05) is 11.1 Å². The molecular formula is C13H11ClN4O2S2. The van der Waals surface area contributed by atoms with Gasteiger partial charge in [0.2, 0.25) is 0 Å². The number of rotatable bonds is 4. The van der Waals surface area contributed by atoms with Gasteiger partial charge in [-0.15, -0.1) is 0 Å². The van der Waals surface area contributed by atoms with Gasteiger partial charge in [-0.1, -0.05) is 11.6 Å². The average Bonchev–Trinajstić information content (AvgIpc) is 3.02. The number of nitrogens with zero attached hydrogens (tertiary/aromatic N) is 4. The Labute approximate surface area is 139 Å². The molecular weight excluding hydrogens is 344 g/mol. The number of aromatic nitrogens is 3. The number of halogens is 1. The Bertz CT molecular complexity index is 859. The van der Waals surface area contributed by atoms with E-state index in [0.29, 0.717) is 9.36 Å². The Balaban J connectivity index is 2.05. The van der Waals surface area contributed by atoms with Crippen molar-refractivity contribution in [3.8, 4) is 0 Å². The first-order chi connectivity index (χ1) is 10.5. The minimum atomic E-state index is -0.438. The molecule has 3 aromatic rings. The zero-order valence-corrected chi connectivity index (χ0v) is 14.1. The van der Waals surface area contributed by atoms with Crippen molar-refractivity contribution in [2.24, 2.45) is 0 Å². The Morgan fingerprint density at radius 3 is 2.86 bits per heavy atom. The van der Waals surface area contributed by atoms with Crippen molar-refractivity contribution < 1.29 is 4.92 Å². The molecule has 0 saturated carbocycles. The first-order valence-corrected chi connectivity index (χ1v) is 8.42. The summed E-state index contributed by atoms with van der Waals surface area (Å²) in [4.78, 5) is 19.0. The predicted octanol–water partition coefficient (Wildman–Crippen LogP) is 4.79. The van der Waals surface area contributed by atoms with Gasteiger partial charge in [0.15, 0.2) is 9.50 Å². The number of benzene rings is 1. The second-order valence-electron chi connectivity index (χ2n) is 4.81. The van der Waals surface area contributed by atoms with Crippen LogP contribution in [0.4, 0.5) is 5.00 Å². The molecule has 1 aromatic carbocycles. The van der Waals surface area contributed by atoms with Gasteiger partial charge in [0.1, 0.15) is 6.20 Å². The monoisotopic (exact) mass is 354 g/mol. The minimum Gasteiger partial charge on any atom is -0.316 e. The fourth-order valence-corrected chi connectivity index (χ4v) is 4.17. The Morgan fingerprint density at radius 1 is 1.45 bits per heavy atom. The molecule has 9 heteroatoms. The van der Waals surface area contributed by atoms with Crippen molar-refractivity contribution >= 4 is 50.7 Å². The Morgan fingerprint density at radius 2 is 2.23 bits per heavy atom. The van der Waals surface area contributed by atoms with Gasteiger partial charge >= 0.3 is 5.00 Å². The van der Waals surface area contributed by atoms with E-state index in [1.165, 1.54) is 18.0 Å². The highest BCUT2D eigenvalue weighted by Crippen LogP contribution is 2.37. The quantitative estimate of drug-likeness (QED) is 0.497. The summed E-state index contributed by atoms with van der Waals surface area (Å²) in [6.07, 6.45) is 1.27. The number of nitro groups is 1. The maximum Gasteiger partial charge on any atom is 0.344 e. The molecule has 0 radical (unpaired) electrons. The lowest BCUT2D eigenvalue weighted by Crippen LogP contribution is -2.01. The van der Waals surface area contributed by atoms with E-state index < -0.39 is 4.92 Å². The Hall–Kier alpha value is -1.64. The van der Waals surface area contributed by atoms with Gasteiger partial charge in [-0.05, 0) is 55.1 Å². The topological polar surface area (TPSA) is 73.8 Å². The lowest BCUT2D eigenvalue weighted by molar-refractivity contribution is -0.380. The van der Waals surface area contributed by atoms with Crippen LogP contribution in [0.2, 0.25) is 5.02 Å². The van der Waals surface area contributed by atoms with E-state index >= 15 is 0 Å². The van der Waals surface area contributed by atoms with E-state index in [2.05, 4.69) is 28.4 Å². The van der Waals surface area contributed by atoms with Crippen molar-refractivity contribution in [1.82, 2.24) is 14.5 Å². The van der Waals surface area contributed by atoms with E-state index in [1.807, 2.05) is 18.2 Å². The number of imidazole rings is 1. The van der Waals surface area contributed by atoms with Gasteiger partial charge in [-0.2, -0.15) is 0 Å². The third kappa shape index (κ3) is 2.81. The second-order valence-corrected chi connectivity index (χ2v) is 7.47. The Kier molecular flexibility index (Phi) is 4.07. The number of hydrogen-bond acceptors (Lipinski definition) is 6. The van der Waals surface area contributed by atoms with Crippen molar-refractivity contribution in [2.75, 3.05) is 0 Å². The molecule has 6 nitrogen and oxygen atoms in total. The molecule has 0 unspecified atom stereocenters. The number of fused-ring (bicyclic) bond motifs is 1. The first-order valence-electron chi connectivity index (χ1n) is 6.41. The van der Waals surface area contributed by atoms with Gasteiger partial charge in [-0.25, -0.2) is 9.97 Å². The molecule has 2 aromatic heterocycles. The number of thiazole rings is 1. The predicted molar refractivity (Wildman–Crippen MR) is 88.0 cm³/mol. The van der Waals surface area contributed by atoms with Crippen LogP contribution in [-0.4, -0.2) is 19.5 Å². The smallest absolute Gasteiger partial charge is 0.316 e. The summed E-state index contributed by atoms with van der Waals surface area (Å²) in [5, 5.41) is 12.2. The summed E-state index contributed by atoms with van der Waals surface area (Å²) < 4.78 is 2.67. The molecule has 0 amide bonds. The van der Waals surface area contributed by atoms with Crippen LogP contribution in [-0.2, 0) is 0 Å². The van der Waals surface area contributed by atoms with Crippen LogP contribution in [0.1, 0.15) is 19.9 Å². The van der Waals surface area contributed by atoms with Crippen LogP contribution in [0.15, 0.2) is 33.9 Å². The molecule has 3 rings (SSSR count). The fraction of sp³-hybridized carbons (Fsp3) is 0.231. The highest BCUT2D eigenvalue weighted by Gasteiger charge is 2.18. The zero-order valence-electron chi connectivity index (χ0n) is 11.7. The molecule has 0 saturated heterocycles. The van der Waals surface area contributed by atoms with Gasteiger partial charge in [-0.3, -0.25) is 10.1 Å². The third-order valence-electron chi connectivity index (χ3n) is 2.97. The van der Waals surface area contributed by atoms with Crippen LogP contribution in [0.25, 0.3) is 11.0 Å². The van der Waals surface area contributed by atoms with Crippen molar-refractivity contribution in [3.05, 3.63) is 39.5 Å². The lowest BCUT2D eigenvalue weighted by atomic mass is 10.3. The summed E-state index contributed by atoms with van der Waals surface area (Å²) in [6.45, 7) is 4.12. The lowest BCUT2D eigenvalue weighted by Gasteiger charge is -2.11. The van der Waals surface area contributed by atoms with Crippen molar-refractivity contribution in [2.45, 2.75) is 29.4 Å². The van der Waals surface area contributed by atoms with E-state index in [1.54, 1.807) is 0 Å². The average molecular weight is 355 g/mol. The molecule has 22 heavy (non-hydrogen) atoms. The van der Waals surface area contributed by atoms with Crippen LogP contribution in [0.5, 0.6) is 0 Å². The van der Waals surface area contributed by atoms with Crippen molar-refractivity contribution in [3.63, 3.8) is 0 Å². The first kappa shape index (κ1) is 15.3. The molecule has 2 heterocycles. The van der Waals surface area contributed by atoms with E-state index in [4.69, 9.17) is 11.6 Å². The summed E-state index contributed by atoms with van der Waals surface area (Å²) in [5.74, 6) is 0. The summed E-state index contributed by atoms with van der Waals surface area (Å²) in [5.41, 5.74) is 1.78. The second kappa shape index (κ2) is 5.86. The largest absolute Gasteiger partial charge is 0.344 e. The fourth-order valence-electron chi connectivity index (χ4n) is 2.08. The molecule has 0 N–H and O–H groups in total. The molecule has 0 bridgehead atoms. The summed E-state index contributed by atoms with van der Waals surface area (Å²) >= 11 is 8.38. The van der Waals surface area contributed by atoms with Crippen LogP contribution < -0.4 is 0 Å². The van der Waals surface area contributed by atoms with E-state index in [9.17, 15) is 10.1 Å². The van der Waals surface area contributed by atoms with Crippen molar-refractivity contribution in [1.29, 1.82) is 0 Å². The maximum atomic E-state index is 10.8. The SMILES string of the molecule is CC(C)n1c(Sc2ncc([N+](=O)[O-])s2)nc2cc(Cl)ccc21. The number of hydrogen-bond donors (Lipinski definition) is 0. The minimum absolute atomic E-state index is 0.0257. The molecule has 0 fully saturated rings. The molecule has 0 aliphatic carbocycles. The van der Waals surface area contributed by atoms with Gasteiger partial charge < -0.3 is 4.57 Å².